The predicted molar refractivity (Wildman–Crippen MR) is 428 cm³/mol. The molecule has 3 N–H and O–H groups in total. The number of carbonyl (C=O) groups excluding carboxylic acids is 4. The maximum Gasteiger partial charge on any atom is 0.472 e. The van der Waals surface area contributed by atoms with Gasteiger partial charge in [-0.25, -0.2) is 9.13 Å². The van der Waals surface area contributed by atoms with E-state index in [4.69, 9.17) is 37.0 Å². The van der Waals surface area contributed by atoms with Crippen molar-refractivity contribution in [3.05, 3.63) is 0 Å². The molecule has 0 aliphatic rings. The molecule has 0 aromatic heterocycles. The molecule has 0 saturated carbocycles. The van der Waals surface area contributed by atoms with Crippen molar-refractivity contribution in [3.8, 4) is 0 Å². The van der Waals surface area contributed by atoms with E-state index in [-0.39, 0.29) is 25.7 Å². The summed E-state index contributed by atoms with van der Waals surface area (Å²) in [5.74, 6) is -1.30. The Hall–Kier alpha value is -1.94. The first-order chi connectivity index (χ1) is 50.5. The number of hydrogen-bond donors (Lipinski definition) is 3. The largest absolute Gasteiger partial charge is 0.472 e. The molecule has 5 atom stereocenters. The minimum Gasteiger partial charge on any atom is -0.462 e. The molecule has 0 spiro atoms. The summed E-state index contributed by atoms with van der Waals surface area (Å²) < 4.78 is 68.7. The predicted octanol–water partition coefficient (Wildman–Crippen LogP) is 26.0. The molecule has 0 radical (unpaired) electrons. The molecule has 0 fully saturated rings. The quantitative estimate of drug-likeness (QED) is 0.0222. The van der Waals surface area contributed by atoms with Gasteiger partial charge in [0.2, 0.25) is 0 Å². The third-order valence-electron chi connectivity index (χ3n) is 20.0. The number of esters is 4. The first-order valence-electron chi connectivity index (χ1n) is 44.1. The minimum absolute atomic E-state index is 0.108. The molecule has 0 saturated heterocycles. The molecule has 0 aromatic carbocycles. The Labute approximate surface area is 638 Å². The summed E-state index contributed by atoms with van der Waals surface area (Å²) >= 11 is 0. The second-order valence-electron chi connectivity index (χ2n) is 31.1. The summed E-state index contributed by atoms with van der Waals surface area (Å²) in [5.41, 5.74) is 0. The molecule has 0 bridgehead atoms. The topological polar surface area (TPSA) is 237 Å². The fourth-order valence-electron chi connectivity index (χ4n) is 13.3. The highest BCUT2D eigenvalue weighted by atomic mass is 31.2. The van der Waals surface area contributed by atoms with Crippen LogP contribution in [0, 0.1) is 5.92 Å². The third-order valence-corrected chi connectivity index (χ3v) is 21.9. The Kier molecular flexibility index (Phi) is 76.3. The number of carbonyl (C=O) groups is 4. The zero-order valence-corrected chi connectivity index (χ0v) is 70.0. The van der Waals surface area contributed by atoms with Crippen LogP contribution in [0.3, 0.4) is 0 Å². The van der Waals surface area contributed by atoms with Crippen molar-refractivity contribution >= 4 is 39.5 Å². The molecule has 618 valence electrons. The van der Waals surface area contributed by atoms with E-state index in [0.717, 1.165) is 109 Å². The van der Waals surface area contributed by atoms with Gasteiger partial charge < -0.3 is 33.8 Å². The lowest BCUT2D eigenvalue weighted by atomic mass is 10.0. The summed E-state index contributed by atoms with van der Waals surface area (Å²) in [7, 11) is -9.92. The van der Waals surface area contributed by atoms with Crippen LogP contribution in [0.5, 0.6) is 0 Å². The molecule has 0 aliphatic carbocycles. The van der Waals surface area contributed by atoms with Gasteiger partial charge in [-0.3, -0.25) is 37.3 Å². The molecular formula is C85H166O17P2. The number of phosphoric acid groups is 2. The smallest absolute Gasteiger partial charge is 0.462 e. The zero-order chi connectivity index (χ0) is 76.2. The molecule has 104 heavy (non-hydrogen) atoms. The number of aliphatic hydroxyl groups is 1. The summed E-state index contributed by atoms with van der Waals surface area (Å²) in [4.78, 5) is 73.0. The molecule has 17 nitrogen and oxygen atoms in total. The monoisotopic (exact) mass is 1520 g/mol. The van der Waals surface area contributed by atoms with Crippen molar-refractivity contribution in [2.75, 3.05) is 39.6 Å². The first-order valence-corrected chi connectivity index (χ1v) is 47.1. The minimum atomic E-state index is -4.96. The van der Waals surface area contributed by atoms with E-state index in [9.17, 15) is 43.2 Å². The third kappa shape index (κ3) is 78.2. The average molecular weight is 1520 g/mol. The van der Waals surface area contributed by atoms with E-state index in [2.05, 4.69) is 34.6 Å². The standard InChI is InChI=1S/C85H166O17P2/c1-6-9-12-15-18-20-22-24-26-28-30-32-34-38-42-46-50-55-60-65-71-85(90)102-81(75-96-83(88)69-64-59-54-49-45-41-37-33-31-29-27-25-23-21-19-16-13-10-7-2)77-100-104(93,94)98-73-79(86)72-97-103(91,92)99-76-80(74-95-82(87)68-63-58-52-17-14-11-8-3)101-84(89)70-66-61-56-51-47-43-39-35-36-40-44-48-53-57-62-67-78(4)5/h78-81,86H,6-77H2,1-5H3,(H,91,92)(H,93,94)/t79-,80+,81+/m0/s1. The van der Waals surface area contributed by atoms with E-state index in [1.54, 1.807) is 0 Å². The molecule has 0 heterocycles. The summed E-state index contributed by atoms with van der Waals surface area (Å²) in [6.45, 7) is 7.34. The fraction of sp³-hybridized carbons (Fsp3) is 0.953. The van der Waals surface area contributed by atoms with Crippen molar-refractivity contribution in [1.82, 2.24) is 0 Å². The van der Waals surface area contributed by atoms with Gasteiger partial charge in [0.1, 0.15) is 19.3 Å². The van der Waals surface area contributed by atoms with Gasteiger partial charge in [0, 0.05) is 25.7 Å². The van der Waals surface area contributed by atoms with Crippen LogP contribution in [0.2, 0.25) is 0 Å². The second-order valence-corrected chi connectivity index (χ2v) is 34.0. The number of unbranched alkanes of at least 4 members (excludes halogenated alkanes) is 57. The van der Waals surface area contributed by atoms with Gasteiger partial charge in [-0.05, 0) is 31.6 Å². The number of aliphatic hydroxyl groups excluding tert-OH is 1. The van der Waals surface area contributed by atoms with Gasteiger partial charge in [-0.15, -0.1) is 0 Å². The van der Waals surface area contributed by atoms with E-state index in [0.29, 0.717) is 25.7 Å². The van der Waals surface area contributed by atoms with Crippen molar-refractivity contribution in [1.29, 1.82) is 0 Å². The van der Waals surface area contributed by atoms with Gasteiger partial charge in [-0.2, -0.15) is 0 Å². The van der Waals surface area contributed by atoms with Crippen molar-refractivity contribution in [2.45, 2.75) is 477 Å². The van der Waals surface area contributed by atoms with Gasteiger partial charge in [0.25, 0.3) is 0 Å². The number of rotatable bonds is 85. The average Bonchev–Trinajstić information content (AvgIpc) is 0.907. The van der Waals surface area contributed by atoms with Crippen LogP contribution in [0.15, 0.2) is 0 Å². The molecule has 0 aromatic rings. The van der Waals surface area contributed by atoms with E-state index in [1.807, 2.05) is 0 Å². The Bertz CT molecular complexity index is 1980. The highest BCUT2D eigenvalue weighted by molar-refractivity contribution is 7.47. The van der Waals surface area contributed by atoms with Crippen LogP contribution in [0.1, 0.15) is 458 Å². The summed E-state index contributed by atoms with van der Waals surface area (Å²) in [5, 5.41) is 10.7. The Balaban J connectivity index is 5.16. The lowest BCUT2D eigenvalue weighted by molar-refractivity contribution is -0.161. The zero-order valence-electron chi connectivity index (χ0n) is 68.2. The van der Waals surface area contributed by atoms with Crippen LogP contribution >= 0.6 is 15.6 Å². The lowest BCUT2D eigenvalue weighted by Gasteiger charge is -2.21. The molecule has 2 unspecified atom stereocenters. The van der Waals surface area contributed by atoms with Crippen molar-refractivity contribution < 1.29 is 80.2 Å². The van der Waals surface area contributed by atoms with Crippen molar-refractivity contribution in [2.24, 2.45) is 5.92 Å². The Morgan fingerprint density at radius 3 is 0.654 bits per heavy atom. The fourth-order valence-corrected chi connectivity index (χ4v) is 14.9. The van der Waals surface area contributed by atoms with Crippen LogP contribution in [-0.4, -0.2) is 96.7 Å². The van der Waals surface area contributed by atoms with E-state index >= 15 is 0 Å². The number of ether oxygens (including phenoxy) is 4. The Morgan fingerprint density at radius 1 is 0.260 bits per heavy atom. The van der Waals surface area contributed by atoms with E-state index in [1.165, 1.54) is 270 Å². The van der Waals surface area contributed by atoms with Gasteiger partial charge in [-0.1, -0.05) is 407 Å². The highest BCUT2D eigenvalue weighted by Crippen LogP contribution is 2.45. The summed E-state index contributed by atoms with van der Waals surface area (Å²) in [6, 6.07) is 0. The van der Waals surface area contributed by atoms with Crippen LogP contribution in [0.25, 0.3) is 0 Å². The van der Waals surface area contributed by atoms with Crippen LogP contribution in [-0.2, 0) is 65.4 Å². The highest BCUT2D eigenvalue weighted by Gasteiger charge is 2.30. The van der Waals surface area contributed by atoms with Gasteiger partial charge in [0.05, 0.1) is 26.4 Å². The van der Waals surface area contributed by atoms with E-state index < -0.39 is 97.5 Å². The number of phosphoric ester groups is 2. The van der Waals surface area contributed by atoms with Gasteiger partial charge >= 0.3 is 39.5 Å². The first kappa shape index (κ1) is 102. The SMILES string of the molecule is CCCCCCCCCCCCCCCCCCCCCCC(=O)O[C@H](COC(=O)CCCCCCCCCCCCCCCCCCCCC)COP(=O)(O)OC[C@@H](O)COP(=O)(O)OC[C@@H](COC(=O)CCCCCCCCC)OC(=O)CCCCCCCCCCCCCCCCCC(C)C. The normalized spacial score (nSPS) is 13.8. The van der Waals surface area contributed by atoms with Gasteiger partial charge in [0.15, 0.2) is 12.2 Å². The lowest BCUT2D eigenvalue weighted by Crippen LogP contribution is -2.30. The van der Waals surface area contributed by atoms with Crippen LogP contribution in [0.4, 0.5) is 0 Å². The molecule has 0 amide bonds. The maximum absolute atomic E-state index is 13.1. The number of hydrogen-bond acceptors (Lipinski definition) is 15. The van der Waals surface area contributed by atoms with Crippen LogP contribution < -0.4 is 0 Å². The molecule has 19 heteroatoms. The summed E-state index contributed by atoms with van der Waals surface area (Å²) in [6.07, 6.45) is 71.1. The molecular weight excluding hydrogens is 1350 g/mol. The van der Waals surface area contributed by atoms with Crippen molar-refractivity contribution in [3.63, 3.8) is 0 Å². The molecule has 0 rings (SSSR count). The second kappa shape index (κ2) is 77.8. The molecule has 0 aliphatic heterocycles. The maximum atomic E-state index is 13.1. The Morgan fingerprint density at radius 2 is 0.442 bits per heavy atom.